The summed E-state index contributed by atoms with van der Waals surface area (Å²) in [4.78, 5) is 11.8. The highest BCUT2D eigenvalue weighted by molar-refractivity contribution is 7.80. The van der Waals surface area contributed by atoms with Crippen molar-refractivity contribution in [3.8, 4) is 0 Å². The third-order valence-corrected chi connectivity index (χ3v) is 5.94. The number of hydrogen-bond acceptors (Lipinski definition) is 4. The Morgan fingerprint density at radius 2 is 2.04 bits per heavy atom. The van der Waals surface area contributed by atoms with Gasteiger partial charge in [-0.3, -0.25) is 4.79 Å². The molecule has 2 saturated carbocycles. The van der Waals surface area contributed by atoms with Gasteiger partial charge in [0.2, 0.25) is 0 Å². The van der Waals surface area contributed by atoms with E-state index in [4.69, 9.17) is 12.2 Å². The highest BCUT2D eigenvalue weighted by Gasteiger charge is 2.39. The Bertz CT molecular complexity index is 851. The van der Waals surface area contributed by atoms with Crippen LogP contribution in [0.15, 0.2) is 29.1 Å². The predicted octanol–water partition coefficient (Wildman–Crippen LogP) is 2.38. The lowest BCUT2D eigenvalue weighted by Crippen LogP contribution is -2.44. The summed E-state index contributed by atoms with van der Waals surface area (Å²) in [7, 11) is 0. The minimum Gasteiger partial charge on any atom is -0.368 e. The molecule has 0 saturated heterocycles. The molecule has 2 aliphatic rings. The highest BCUT2D eigenvalue weighted by Crippen LogP contribution is 2.44. The predicted molar refractivity (Wildman–Crippen MR) is 108 cm³/mol. The van der Waals surface area contributed by atoms with Crippen molar-refractivity contribution >= 4 is 33.9 Å². The molecule has 2 aromatic rings. The summed E-state index contributed by atoms with van der Waals surface area (Å²) in [6.45, 7) is 1.56. The molecule has 2 fully saturated rings. The molecule has 2 bridgehead atoms. The standard InChI is InChI=1S/C19H25N5OS/c25-18-15-5-2-1-4-14(15)17(23-24-18)20-8-3-9-21-19(26)22-16-11-12-6-7-13(16)10-12/h1-2,4-5,12-13,16H,3,6-11H2,(H,20,23)(H,24,25)(H2,21,22,26). The second-order valence-corrected chi connectivity index (χ2v) is 7.82. The van der Waals surface area contributed by atoms with Crippen LogP contribution in [0.3, 0.4) is 0 Å². The van der Waals surface area contributed by atoms with Gasteiger partial charge in [0.15, 0.2) is 10.9 Å². The van der Waals surface area contributed by atoms with E-state index in [1.54, 1.807) is 0 Å². The molecule has 4 rings (SSSR count). The van der Waals surface area contributed by atoms with E-state index in [1.807, 2.05) is 24.3 Å². The van der Waals surface area contributed by atoms with Gasteiger partial charge in [0.05, 0.1) is 5.39 Å². The van der Waals surface area contributed by atoms with Crippen LogP contribution in [-0.2, 0) is 0 Å². The summed E-state index contributed by atoms with van der Waals surface area (Å²) in [6, 6.07) is 8.06. The summed E-state index contributed by atoms with van der Waals surface area (Å²) in [6.07, 6.45) is 6.33. The quantitative estimate of drug-likeness (QED) is 0.461. The van der Waals surface area contributed by atoms with Gasteiger partial charge in [0.1, 0.15) is 0 Å². The van der Waals surface area contributed by atoms with E-state index in [2.05, 4.69) is 26.1 Å². The molecule has 0 radical (unpaired) electrons. The molecular formula is C19H25N5OS. The zero-order chi connectivity index (χ0) is 17.9. The lowest BCUT2D eigenvalue weighted by Gasteiger charge is -2.24. The van der Waals surface area contributed by atoms with Gasteiger partial charge in [0, 0.05) is 24.5 Å². The molecule has 6 nitrogen and oxygen atoms in total. The fourth-order valence-electron chi connectivity index (χ4n) is 4.39. The van der Waals surface area contributed by atoms with Crippen molar-refractivity contribution in [3.05, 3.63) is 34.6 Å². The Morgan fingerprint density at radius 1 is 1.19 bits per heavy atom. The molecule has 4 N–H and O–H groups in total. The zero-order valence-electron chi connectivity index (χ0n) is 14.8. The molecule has 1 heterocycles. The molecule has 0 aliphatic heterocycles. The molecule has 138 valence electrons. The van der Waals surface area contributed by atoms with Crippen LogP contribution in [0.2, 0.25) is 0 Å². The van der Waals surface area contributed by atoms with E-state index < -0.39 is 0 Å². The van der Waals surface area contributed by atoms with Gasteiger partial charge in [-0.2, -0.15) is 5.10 Å². The maximum absolute atomic E-state index is 11.8. The average Bonchev–Trinajstić information content (AvgIpc) is 3.26. The van der Waals surface area contributed by atoms with Crippen LogP contribution < -0.4 is 21.5 Å². The van der Waals surface area contributed by atoms with Crippen LogP contribution in [0.5, 0.6) is 0 Å². The van der Waals surface area contributed by atoms with Crippen molar-refractivity contribution in [2.24, 2.45) is 11.8 Å². The number of rotatable bonds is 6. The number of anilines is 1. The lowest BCUT2D eigenvalue weighted by atomic mass is 9.96. The molecule has 1 aromatic heterocycles. The Balaban J connectivity index is 1.20. The second-order valence-electron chi connectivity index (χ2n) is 7.41. The number of nitrogens with zero attached hydrogens (tertiary/aromatic N) is 1. The molecule has 0 amide bonds. The first-order chi connectivity index (χ1) is 12.7. The second kappa shape index (κ2) is 7.61. The van der Waals surface area contributed by atoms with Crippen molar-refractivity contribution < 1.29 is 0 Å². The summed E-state index contributed by atoms with van der Waals surface area (Å²) in [5.74, 6) is 2.45. The van der Waals surface area contributed by atoms with E-state index in [-0.39, 0.29) is 5.56 Å². The lowest BCUT2D eigenvalue weighted by molar-refractivity contribution is 0.389. The van der Waals surface area contributed by atoms with Gasteiger partial charge in [-0.1, -0.05) is 24.6 Å². The monoisotopic (exact) mass is 371 g/mol. The SMILES string of the molecule is O=c1[nH]nc(NCCCNC(=S)NC2CC3CCC2C3)c2ccccc12. The minimum atomic E-state index is -0.162. The zero-order valence-corrected chi connectivity index (χ0v) is 15.6. The average molecular weight is 372 g/mol. The van der Waals surface area contributed by atoms with Crippen LogP contribution in [0.1, 0.15) is 32.1 Å². The third-order valence-electron chi connectivity index (χ3n) is 5.68. The highest BCUT2D eigenvalue weighted by atomic mass is 32.1. The van der Waals surface area contributed by atoms with Gasteiger partial charge < -0.3 is 16.0 Å². The van der Waals surface area contributed by atoms with Crippen molar-refractivity contribution in [2.75, 3.05) is 18.4 Å². The summed E-state index contributed by atoms with van der Waals surface area (Å²) >= 11 is 5.43. The van der Waals surface area contributed by atoms with Crippen molar-refractivity contribution in [2.45, 2.75) is 38.1 Å². The number of benzene rings is 1. The number of fused-ring (bicyclic) bond motifs is 3. The van der Waals surface area contributed by atoms with Crippen LogP contribution in [0, 0.1) is 11.8 Å². The van der Waals surface area contributed by atoms with Crippen LogP contribution in [0.25, 0.3) is 10.8 Å². The summed E-state index contributed by atoms with van der Waals surface area (Å²) in [5.41, 5.74) is -0.162. The maximum Gasteiger partial charge on any atom is 0.272 e. The molecule has 26 heavy (non-hydrogen) atoms. The Labute approximate surface area is 158 Å². The molecule has 3 atom stereocenters. The van der Waals surface area contributed by atoms with E-state index in [1.165, 1.54) is 25.7 Å². The van der Waals surface area contributed by atoms with Crippen LogP contribution in [0.4, 0.5) is 5.82 Å². The molecule has 1 aromatic carbocycles. The number of thiocarbonyl (C=S) groups is 1. The van der Waals surface area contributed by atoms with E-state index in [0.29, 0.717) is 17.2 Å². The molecule has 0 spiro atoms. The van der Waals surface area contributed by atoms with Gasteiger partial charge >= 0.3 is 0 Å². The summed E-state index contributed by atoms with van der Waals surface area (Å²) < 4.78 is 0. The van der Waals surface area contributed by atoms with Crippen molar-refractivity contribution in [3.63, 3.8) is 0 Å². The Hall–Kier alpha value is -2.15. The largest absolute Gasteiger partial charge is 0.368 e. The van der Waals surface area contributed by atoms with E-state index >= 15 is 0 Å². The topological polar surface area (TPSA) is 81.8 Å². The summed E-state index contributed by atoms with van der Waals surface area (Å²) in [5, 5.41) is 19.0. The van der Waals surface area contributed by atoms with Gasteiger partial charge in [-0.15, -0.1) is 0 Å². The first kappa shape index (κ1) is 17.3. The number of hydrogen-bond donors (Lipinski definition) is 4. The van der Waals surface area contributed by atoms with Gasteiger partial charge in [-0.05, 0) is 55.8 Å². The normalized spacial score (nSPS) is 23.9. The molecule has 3 unspecified atom stereocenters. The minimum absolute atomic E-state index is 0.162. The first-order valence-corrected chi connectivity index (χ1v) is 9.87. The van der Waals surface area contributed by atoms with E-state index in [9.17, 15) is 4.79 Å². The fourth-order valence-corrected chi connectivity index (χ4v) is 4.64. The van der Waals surface area contributed by atoms with Crippen molar-refractivity contribution in [1.82, 2.24) is 20.8 Å². The molecule has 7 heteroatoms. The van der Waals surface area contributed by atoms with Crippen LogP contribution >= 0.6 is 12.2 Å². The van der Waals surface area contributed by atoms with Crippen LogP contribution in [-0.4, -0.2) is 34.4 Å². The number of H-pyrrole nitrogens is 1. The van der Waals surface area contributed by atoms with Gasteiger partial charge in [0.25, 0.3) is 5.56 Å². The Kier molecular flexibility index (Phi) is 5.06. The number of aromatic nitrogens is 2. The molecule has 2 aliphatic carbocycles. The first-order valence-electron chi connectivity index (χ1n) is 9.46. The van der Waals surface area contributed by atoms with Gasteiger partial charge in [-0.25, -0.2) is 5.10 Å². The van der Waals surface area contributed by atoms with E-state index in [0.717, 1.165) is 41.8 Å². The maximum atomic E-state index is 11.8. The Morgan fingerprint density at radius 3 is 2.81 bits per heavy atom. The smallest absolute Gasteiger partial charge is 0.272 e. The molecular weight excluding hydrogens is 346 g/mol. The number of aromatic amines is 1. The number of nitrogens with one attached hydrogen (secondary N) is 4. The van der Waals surface area contributed by atoms with Crippen molar-refractivity contribution in [1.29, 1.82) is 0 Å². The fraction of sp³-hybridized carbons (Fsp3) is 0.526. The third kappa shape index (κ3) is 3.67.